The van der Waals surface area contributed by atoms with Crippen LogP contribution >= 0.6 is 0 Å². The fourth-order valence-corrected chi connectivity index (χ4v) is 7.37. The van der Waals surface area contributed by atoms with Crippen LogP contribution in [0, 0.1) is 34.5 Å². The predicted molar refractivity (Wildman–Crippen MR) is 108 cm³/mol. The number of rotatable bonds is 3. The van der Waals surface area contributed by atoms with E-state index in [2.05, 4.69) is 27.7 Å². The van der Waals surface area contributed by atoms with Crippen LogP contribution in [0.25, 0.3) is 0 Å². The lowest BCUT2D eigenvalue weighted by Gasteiger charge is -2.56. The number of carbonyl (C=O) groups excluding carboxylic acids is 2. The average molecular weight is 373 g/mol. The number of fused-ring (bicyclic) bond motifs is 5. The lowest BCUT2D eigenvalue weighted by molar-refractivity contribution is -0.141. The molecule has 3 aliphatic carbocycles. The molecule has 4 heteroatoms. The van der Waals surface area contributed by atoms with Crippen LogP contribution in [0.4, 0.5) is 0 Å². The first-order valence-electron chi connectivity index (χ1n) is 11.2. The van der Waals surface area contributed by atoms with Crippen LogP contribution in [0.2, 0.25) is 0 Å². The van der Waals surface area contributed by atoms with Crippen molar-refractivity contribution in [3.8, 4) is 0 Å². The topological polar surface area (TPSA) is 49.7 Å². The Balaban J connectivity index is 1.61. The molecule has 4 rings (SSSR count). The second-order valence-corrected chi connectivity index (χ2v) is 9.98. The molecule has 0 aromatic carbocycles. The van der Waals surface area contributed by atoms with Crippen LogP contribution < -0.4 is 0 Å². The summed E-state index contributed by atoms with van der Waals surface area (Å²) in [4.78, 5) is 32.2. The van der Waals surface area contributed by atoms with E-state index in [-0.39, 0.29) is 16.7 Å². The van der Waals surface area contributed by atoms with Crippen LogP contribution in [0.15, 0.2) is 4.99 Å². The number of aliphatic imine (C=N–C) groups is 1. The quantitative estimate of drug-likeness (QED) is 0.748. The summed E-state index contributed by atoms with van der Waals surface area (Å²) >= 11 is 0. The van der Waals surface area contributed by atoms with Gasteiger partial charge in [0.15, 0.2) is 0 Å². The van der Waals surface area contributed by atoms with Crippen LogP contribution in [-0.4, -0.2) is 41.9 Å². The van der Waals surface area contributed by atoms with Crippen molar-refractivity contribution in [2.24, 2.45) is 39.5 Å². The maximum Gasteiger partial charge on any atom is 0.226 e. The molecule has 1 aliphatic heterocycles. The van der Waals surface area contributed by atoms with Crippen molar-refractivity contribution < 1.29 is 9.59 Å². The Labute approximate surface area is 164 Å². The van der Waals surface area contributed by atoms with E-state index < -0.39 is 0 Å². The minimum Gasteiger partial charge on any atom is -0.343 e. The van der Waals surface area contributed by atoms with Crippen LogP contribution in [-0.2, 0) is 9.59 Å². The fourth-order valence-electron chi connectivity index (χ4n) is 7.37. The van der Waals surface area contributed by atoms with E-state index in [9.17, 15) is 9.59 Å². The zero-order valence-electron chi connectivity index (χ0n) is 17.6. The van der Waals surface area contributed by atoms with E-state index in [0.29, 0.717) is 35.9 Å². The van der Waals surface area contributed by atoms with Crippen LogP contribution in [0.5, 0.6) is 0 Å². The number of ketones is 1. The van der Waals surface area contributed by atoms with Gasteiger partial charge in [-0.3, -0.25) is 14.6 Å². The first-order chi connectivity index (χ1) is 12.8. The minimum absolute atomic E-state index is 0.124. The highest BCUT2D eigenvalue weighted by Crippen LogP contribution is 2.63. The van der Waals surface area contributed by atoms with Gasteiger partial charge < -0.3 is 4.90 Å². The van der Waals surface area contributed by atoms with E-state index in [1.165, 1.54) is 18.6 Å². The fraction of sp³-hybridized carbons (Fsp3) is 0.870. The first kappa shape index (κ1) is 19.1. The van der Waals surface area contributed by atoms with Crippen molar-refractivity contribution >= 4 is 17.4 Å². The number of nitrogens with zero attached hydrogens (tertiary/aromatic N) is 2. The molecule has 0 N–H and O–H groups in total. The molecule has 6 atom stereocenters. The zero-order valence-corrected chi connectivity index (χ0v) is 17.6. The third-order valence-electron chi connectivity index (χ3n) is 9.07. The molecule has 1 unspecified atom stereocenters. The molecule has 0 aromatic rings. The Morgan fingerprint density at radius 2 is 1.85 bits per heavy atom. The standard InChI is InChI=1S/C23H36N2O2/c1-5-25(6-2)21(27)19-8-7-17-16-14-24-20-13-15(26)9-11-23(20,4)18(16)10-12-22(17,19)3/h16-19H,5-14H2,1-4H3/t16-,17-,18+,19?,22-,23+/m0/s1. The van der Waals surface area contributed by atoms with Crippen LogP contribution in [0.3, 0.4) is 0 Å². The Kier molecular flexibility index (Phi) is 4.75. The first-order valence-corrected chi connectivity index (χ1v) is 11.2. The van der Waals surface area contributed by atoms with Crippen molar-refractivity contribution in [3.05, 3.63) is 0 Å². The van der Waals surface area contributed by atoms with Gasteiger partial charge >= 0.3 is 0 Å². The van der Waals surface area contributed by atoms with Crippen molar-refractivity contribution in [2.75, 3.05) is 19.6 Å². The van der Waals surface area contributed by atoms with E-state index in [1.54, 1.807) is 0 Å². The summed E-state index contributed by atoms with van der Waals surface area (Å²) in [6, 6.07) is 0. The molecule has 3 fully saturated rings. The lowest BCUT2D eigenvalue weighted by Crippen LogP contribution is -2.55. The normalized spacial score (nSPS) is 43.4. The SMILES string of the molecule is CCN(CC)C(=O)C1CC[C@H]2[C@@H]3CN=C4CC(=O)CC[C@]4(C)[C@@H]3CC[C@]12C. The van der Waals surface area contributed by atoms with E-state index in [1.807, 2.05) is 4.90 Å². The van der Waals surface area contributed by atoms with Gasteiger partial charge in [-0.1, -0.05) is 13.8 Å². The average Bonchev–Trinajstić information content (AvgIpc) is 3.00. The van der Waals surface area contributed by atoms with Crippen molar-refractivity contribution in [1.29, 1.82) is 0 Å². The predicted octanol–water partition coefficient (Wildman–Crippen LogP) is 4.13. The molecule has 0 radical (unpaired) electrons. The molecular formula is C23H36N2O2. The molecule has 0 bridgehead atoms. The maximum absolute atomic E-state index is 13.2. The van der Waals surface area contributed by atoms with Gasteiger partial charge in [-0.25, -0.2) is 0 Å². The molecule has 0 aromatic heterocycles. The second kappa shape index (κ2) is 6.70. The molecule has 1 heterocycles. The van der Waals surface area contributed by atoms with Gasteiger partial charge in [-0.2, -0.15) is 0 Å². The summed E-state index contributed by atoms with van der Waals surface area (Å²) in [6.45, 7) is 11.5. The van der Waals surface area contributed by atoms with Gasteiger partial charge in [-0.05, 0) is 69.1 Å². The minimum atomic E-state index is 0.124. The number of carbonyl (C=O) groups is 2. The summed E-state index contributed by atoms with van der Waals surface area (Å²) in [5.74, 6) is 2.81. The molecular weight excluding hydrogens is 336 g/mol. The Bertz CT molecular complexity index is 667. The van der Waals surface area contributed by atoms with Gasteiger partial charge in [0.25, 0.3) is 0 Å². The summed E-state index contributed by atoms with van der Waals surface area (Å²) < 4.78 is 0. The molecule has 1 amide bonds. The molecule has 4 nitrogen and oxygen atoms in total. The van der Waals surface area contributed by atoms with Gasteiger partial charge in [0.2, 0.25) is 5.91 Å². The number of amides is 1. The molecule has 4 aliphatic rings. The third kappa shape index (κ3) is 2.73. The summed E-state index contributed by atoms with van der Waals surface area (Å²) in [7, 11) is 0. The van der Waals surface area contributed by atoms with E-state index >= 15 is 0 Å². The monoisotopic (exact) mass is 372 g/mol. The van der Waals surface area contributed by atoms with Crippen molar-refractivity contribution in [1.82, 2.24) is 4.90 Å². The highest BCUT2D eigenvalue weighted by Gasteiger charge is 2.60. The maximum atomic E-state index is 13.2. The summed E-state index contributed by atoms with van der Waals surface area (Å²) in [5, 5.41) is 0. The molecule has 0 spiro atoms. The highest BCUT2D eigenvalue weighted by molar-refractivity contribution is 6.07. The summed E-state index contributed by atoms with van der Waals surface area (Å²) in [5.41, 5.74) is 1.45. The Hall–Kier alpha value is -1.19. The number of Topliss-reactive ketones (excluding diaryl/α,β-unsaturated/α-hetero) is 1. The van der Waals surface area contributed by atoms with E-state index in [4.69, 9.17) is 4.99 Å². The lowest BCUT2D eigenvalue weighted by atomic mass is 9.49. The van der Waals surface area contributed by atoms with Crippen molar-refractivity contribution in [3.63, 3.8) is 0 Å². The number of hydrogen-bond donors (Lipinski definition) is 0. The van der Waals surface area contributed by atoms with Gasteiger partial charge in [0, 0.05) is 49.5 Å². The van der Waals surface area contributed by atoms with Crippen LogP contribution in [0.1, 0.15) is 72.6 Å². The largest absolute Gasteiger partial charge is 0.343 e. The third-order valence-corrected chi connectivity index (χ3v) is 9.07. The molecule has 150 valence electrons. The van der Waals surface area contributed by atoms with Crippen molar-refractivity contribution in [2.45, 2.75) is 72.6 Å². The molecule has 0 saturated heterocycles. The smallest absolute Gasteiger partial charge is 0.226 e. The number of hydrogen-bond acceptors (Lipinski definition) is 3. The van der Waals surface area contributed by atoms with Gasteiger partial charge in [0.1, 0.15) is 5.78 Å². The Morgan fingerprint density at radius 3 is 2.56 bits per heavy atom. The zero-order chi connectivity index (χ0) is 19.4. The highest BCUT2D eigenvalue weighted by atomic mass is 16.2. The molecule has 3 saturated carbocycles. The molecule has 27 heavy (non-hydrogen) atoms. The Morgan fingerprint density at radius 1 is 1.11 bits per heavy atom. The van der Waals surface area contributed by atoms with Gasteiger partial charge in [-0.15, -0.1) is 0 Å². The summed E-state index contributed by atoms with van der Waals surface area (Å²) in [6.07, 6.45) is 6.88. The van der Waals surface area contributed by atoms with Gasteiger partial charge in [0.05, 0.1) is 0 Å². The van der Waals surface area contributed by atoms with E-state index in [0.717, 1.165) is 45.3 Å². The second-order valence-electron chi connectivity index (χ2n) is 9.98.